The molecule has 3 saturated carbocycles. The minimum atomic E-state index is -0.666. The van der Waals surface area contributed by atoms with Gasteiger partial charge >= 0.3 is 5.97 Å². The summed E-state index contributed by atoms with van der Waals surface area (Å²) in [6, 6.07) is 0. The Morgan fingerprint density at radius 2 is 2.19 bits per heavy atom. The van der Waals surface area contributed by atoms with Crippen LogP contribution in [-0.2, 0) is 4.79 Å². The maximum atomic E-state index is 10.4. The first-order valence-corrected chi connectivity index (χ1v) is 7.47. The number of carbonyl (C=O) groups is 1. The number of fused-ring (bicyclic) bond motifs is 2. The zero-order chi connectivity index (χ0) is 11.8. The van der Waals surface area contributed by atoms with Crippen molar-refractivity contribution in [3.63, 3.8) is 0 Å². The summed E-state index contributed by atoms with van der Waals surface area (Å²) in [5.74, 6) is 4.01. The van der Waals surface area contributed by atoms with Gasteiger partial charge in [-0.05, 0) is 48.2 Å². The molecule has 0 aromatic heterocycles. The summed E-state index contributed by atoms with van der Waals surface area (Å²) in [5.41, 5.74) is 0.566. The summed E-state index contributed by atoms with van der Waals surface area (Å²) in [6.45, 7) is 4.83. The van der Waals surface area contributed by atoms with Gasteiger partial charge in [-0.3, -0.25) is 4.79 Å². The van der Waals surface area contributed by atoms with E-state index in [0.717, 1.165) is 23.5 Å². The summed E-state index contributed by atoms with van der Waals surface area (Å²) in [4.78, 5) is 10.4. The molecule has 3 aliphatic rings. The van der Waals surface area contributed by atoms with Gasteiger partial charge in [-0.15, -0.1) is 0 Å². The van der Waals surface area contributed by atoms with E-state index in [-0.39, 0.29) is 0 Å². The molecule has 0 aliphatic heterocycles. The molecule has 1 N–H and O–H groups in total. The molecule has 3 fully saturated rings. The standard InChI is InChI=1S/C13H22O2S/c1-13(2)10-4-3-9(11(13)7-10)8-16-6-5-12(14)15/h9-11H,3-8H2,1-2H3,(H,14,15)/t9-,10-,11-/m0/s1. The lowest BCUT2D eigenvalue weighted by Gasteiger charge is -2.60. The maximum Gasteiger partial charge on any atom is 0.304 e. The van der Waals surface area contributed by atoms with Crippen LogP contribution >= 0.6 is 11.8 Å². The first-order chi connectivity index (χ1) is 7.51. The molecule has 2 bridgehead atoms. The van der Waals surface area contributed by atoms with E-state index in [9.17, 15) is 4.79 Å². The van der Waals surface area contributed by atoms with Gasteiger partial charge < -0.3 is 5.11 Å². The van der Waals surface area contributed by atoms with E-state index in [0.29, 0.717) is 11.8 Å². The van der Waals surface area contributed by atoms with Crippen molar-refractivity contribution in [1.29, 1.82) is 0 Å². The summed E-state index contributed by atoms with van der Waals surface area (Å²) >= 11 is 1.84. The van der Waals surface area contributed by atoms with Gasteiger partial charge in [0.1, 0.15) is 0 Å². The van der Waals surface area contributed by atoms with Crippen molar-refractivity contribution in [1.82, 2.24) is 0 Å². The average Bonchev–Trinajstić information content (AvgIpc) is 2.24. The van der Waals surface area contributed by atoms with Crippen molar-refractivity contribution in [3.8, 4) is 0 Å². The lowest BCUT2D eigenvalue weighted by Crippen LogP contribution is -2.52. The molecule has 3 heteroatoms. The van der Waals surface area contributed by atoms with Crippen LogP contribution in [0.4, 0.5) is 0 Å². The number of hydrogen-bond acceptors (Lipinski definition) is 2. The highest BCUT2D eigenvalue weighted by atomic mass is 32.2. The molecule has 2 nitrogen and oxygen atoms in total. The van der Waals surface area contributed by atoms with Crippen molar-refractivity contribution < 1.29 is 9.90 Å². The molecule has 0 saturated heterocycles. The Morgan fingerprint density at radius 3 is 2.75 bits per heavy atom. The van der Waals surface area contributed by atoms with E-state index in [2.05, 4.69) is 13.8 Å². The van der Waals surface area contributed by atoms with Gasteiger partial charge in [0.2, 0.25) is 0 Å². The summed E-state index contributed by atoms with van der Waals surface area (Å²) in [5, 5.41) is 8.58. The Bertz CT molecular complexity index is 273. The Labute approximate surface area is 102 Å². The normalized spacial score (nSPS) is 35.5. The van der Waals surface area contributed by atoms with Gasteiger partial charge in [0.15, 0.2) is 0 Å². The van der Waals surface area contributed by atoms with Crippen molar-refractivity contribution in [2.24, 2.45) is 23.2 Å². The van der Waals surface area contributed by atoms with E-state index in [4.69, 9.17) is 5.11 Å². The molecule has 0 radical (unpaired) electrons. The first-order valence-electron chi connectivity index (χ1n) is 6.31. The van der Waals surface area contributed by atoms with Crippen LogP contribution in [-0.4, -0.2) is 22.6 Å². The van der Waals surface area contributed by atoms with E-state index < -0.39 is 5.97 Å². The maximum absolute atomic E-state index is 10.4. The minimum absolute atomic E-state index is 0.314. The lowest BCUT2D eigenvalue weighted by atomic mass is 9.46. The van der Waals surface area contributed by atoms with Crippen LogP contribution in [0.25, 0.3) is 0 Å². The highest BCUT2D eigenvalue weighted by Gasteiger charge is 2.53. The minimum Gasteiger partial charge on any atom is -0.481 e. The van der Waals surface area contributed by atoms with Crippen molar-refractivity contribution in [3.05, 3.63) is 0 Å². The number of carboxylic acids is 1. The second-order valence-corrected chi connectivity index (χ2v) is 7.07. The average molecular weight is 242 g/mol. The molecule has 0 spiro atoms. The highest BCUT2D eigenvalue weighted by molar-refractivity contribution is 7.99. The fraction of sp³-hybridized carbons (Fsp3) is 0.923. The van der Waals surface area contributed by atoms with Crippen molar-refractivity contribution in [2.45, 2.75) is 39.5 Å². The molecule has 0 amide bonds. The fourth-order valence-electron chi connectivity index (χ4n) is 3.56. The van der Waals surface area contributed by atoms with Crippen molar-refractivity contribution in [2.75, 3.05) is 11.5 Å². The number of thioether (sulfide) groups is 1. The molecule has 92 valence electrons. The summed E-state index contributed by atoms with van der Waals surface area (Å²) in [6.07, 6.45) is 4.51. The Balaban J connectivity index is 1.72. The van der Waals surface area contributed by atoms with Gasteiger partial charge in [0, 0.05) is 5.75 Å². The summed E-state index contributed by atoms with van der Waals surface area (Å²) in [7, 11) is 0. The monoisotopic (exact) mass is 242 g/mol. The topological polar surface area (TPSA) is 37.3 Å². The number of carboxylic acid groups (broad SMARTS) is 1. The predicted molar refractivity (Wildman–Crippen MR) is 67.7 cm³/mol. The number of aliphatic carboxylic acids is 1. The third kappa shape index (κ3) is 2.24. The van der Waals surface area contributed by atoms with Crippen LogP contribution in [0.1, 0.15) is 39.5 Å². The Morgan fingerprint density at radius 1 is 1.44 bits per heavy atom. The van der Waals surface area contributed by atoms with Crippen LogP contribution in [0.3, 0.4) is 0 Å². The third-order valence-corrected chi connectivity index (χ3v) is 5.95. The molecule has 16 heavy (non-hydrogen) atoms. The van der Waals surface area contributed by atoms with E-state index >= 15 is 0 Å². The second kappa shape index (κ2) is 4.59. The van der Waals surface area contributed by atoms with Crippen molar-refractivity contribution >= 4 is 17.7 Å². The Kier molecular flexibility index (Phi) is 3.53. The van der Waals surface area contributed by atoms with Gasteiger partial charge in [-0.25, -0.2) is 0 Å². The van der Waals surface area contributed by atoms with E-state index in [1.54, 1.807) is 0 Å². The lowest BCUT2D eigenvalue weighted by molar-refractivity contribution is -0.136. The molecule has 3 rings (SSSR count). The zero-order valence-electron chi connectivity index (χ0n) is 10.2. The van der Waals surface area contributed by atoms with E-state index in [1.807, 2.05) is 11.8 Å². The third-order valence-electron chi connectivity index (χ3n) is 4.79. The summed E-state index contributed by atoms with van der Waals surface area (Å²) < 4.78 is 0. The second-order valence-electron chi connectivity index (χ2n) is 5.92. The van der Waals surface area contributed by atoms with Gasteiger partial charge in [0.25, 0.3) is 0 Å². The van der Waals surface area contributed by atoms with Crippen LogP contribution in [0.15, 0.2) is 0 Å². The quantitative estimate of drug-likeness (QED) is 0.752. The highest BCUT2D eigenvalue weighted by Crippen LogP contribution is 2.61. The molecule has 0 aromatic carbocycles. The van der Waals surface area contributed by atoms with Gasteiger partial charge in [-0.2, -0.15) is 11.8 Å². The molecule has 3 atom stereocenters. The molecular formula is C13H22O2S. The van der Waals surface area contributed by atoms with Crippen LogP contribution in [0.5, 0.6) is 0 Å². The molecule has 3 aliphatic carbocycles. The number of rotatable bonds is 5. The van der Waals surface area contributed by atoms with Gasteiger partial charge in [-0.1, -0.05) is 13.8 Å². The molecular weight excluding hydrogens is 220 g/mol. The van der Waals surface area contributed by atoms with E-state index in [1.165, 1.54) is 25.0 Å². The van der Waals surface area contributed by atoms with Crippen LogP contribution in [0, 0.1) is 23.2 Å². The van der Waals surface area contributed by atoms with Gasteiger partial charge in [0.05, 0.1) is 6.42 Å². The van der Waals surface area contributed by atoms with Crippen LogP contribution in [0.2, 0.25) is 0 Å². The largest absolute Gasteiger partial charge is 0.481 e. The molecule has 0 heterocycles. The number of hydrogen-bond donors (Lipinski definition) is 1. The first kappa shape index (κ1) is 12.3. The fourth-order valence-corrected chi connectivity index (χ4v) is 4.74. The Hall–Kier alpha value is -0.180. The smallest absolute Gasteiger partial charge is 0.304 e. The zero-order valence-corrected chi connectivity index (χ0v) is 11.1. The predicted octanol–water partition coefficient (Wildman–Crippen LogP) is 3.27. The molecule has 0 aromatic rings. The molecule has 0 unspecified atom stereocenters. The SMILES string of the molecule is CC1(C)[C@H]2CC[C@@H](CSCCC(=O)O)[C@@H]1C2. The van der Waals surface area contributed by atoms with Crippen LogP contribution < -0.4 is 0 Å².